The lowest BCUT2D eigenvalue weighted by Gasteiger charge is -2.09. The molecule has 6 nitrogen and oxygen atoms in total. The van der Waals surface area contributed by atoms with Crippen LogP contribution in [0.2, 0.25) is 0 Å². The van der Waals surface area contributed by atoms with Crippen molar-refractivity contribution in [2.24, 2.45) is 0 Å². The van der Waals surface area contributed by atoms with Gasteiger partial charge in [0.1, 0.15) is 5.75 Å². The largest absolute Gasteiger partial charge is 0.507 e. The lowest BCUT2D eigenvalue weighted by molar-refractivity contribution is -0.384. The van der Waals surface area contributed by atoms with Crippen molar-refractivity contribution >= 4 is 17.3 Å². The molecular formula is C15H14N2O4. The number of phenols is 1. The monoisotopic (exact) mass is 286 g/mol. The fourth-order valence-corrected chi connectivity index (χ4v) is 1.96. The van der Waals surface area contributed by atoms with Crippen LogP contribution in [-0.4, -0.2) is 15.9 Å². The SMILES string of the molecule is Cc1cc(C(=O)Nc2ccc([N+](=O)[O-])cc2)cc(C)c1O. The first kappa shape index (κ1) is 14.5. The summed E-state index contributed by atoms with van der Waals surface area (Å²) in [5, 5.41) is 22.9. The Kier molecular flexibility index (Phi) is 3.89. The molecule has 2 rings (SSSR count). The van der Waals surface area contributed by atoms with E-state index in [1.807, 2.05) is 0 Å². The zero-order chi connectivity index (χ0) is 15.6. The normalized spacial score (nSPS) is 10.2. The number of aryl methyl sites for hydroxylation is 2. The molecule has 0 fully saturated rings. The highest BCUT2D eigenvalue weighted by atomic mass is 16.6. The molecule has 6 heteroatoms. The predicted molar refractivity (Wildman–Crippen MR) is 78.6 cm³/mol. The lowest BCUT2D eigenvalue weighted by Crippen LogP contribution is -2.12. The van der Waals surface area contributed by atoms with E-state index in [2.05, 4.69) is 5.32 Å². The van der Waals surface area contributed by atoms with Crippen molar-refractivity contribution in [3.8, 4) is 5.75 Å². The van der Waals surface area contributed by atoms with Crippen LogP contribution < -0.4 is 5.32 Å². The number of carbonyl (C=O) groups excluding carboxylic acids is 1. The maximum absolute atomic E-state index is 12.1. The quantitative estimate of drug-likeness (QED) is 0.669. The molecule has 0 aromatic heterocycles. The molecule has 0 unspecified atom stereocenters. The number of phenolic OH excluding ortho intramolecular Hbond substituents is 1. The molecule has 2 N–H and O–H groups in total. The van der Waals surface area contributed by atoms with Crippen LogP contribution in [0.3, 0.4) is 0 Å². The van der Waals surface area contributed by atoms with Crippen LogP contribution in [0.25, 0.3) is 0 Å². The zero-order valence-electron chi connectivity index (χ0n) is 11.6. The smallest absolute Gasteiger partial charge is 0.269 e. The Morgan fingerprint density at radius 2 is 1.67 bits per heavy atom. The van der Waals surface area contributed by atoms with Gasteiger partial charge in [-0.25, -0.2) is 0 Å². The number of carbonyl (C=O) groups is 1. The Labute approximate surface area is 121 Å². The summed E-state index contributed by atoms with van der Waals surface area (Å²) in [6.07, 6.45) is 0. The summed E-state index contributed by atoms with van der Waals surface area (Å²) in [5.74, 6) is -0.170. The fourth-order valence-electron chi connectivity index (χ4n) is 1.96. The molecule has 0 bridgehead atoms. The fraction of sp³-hybridized carbons (Fsp3) is 0.133. The number of hydrogen-bond donors (Lipinski definition) is 2. The Hall–Kier alpha value is -2.89. The van der Waals surface area contributed by atoms with E-state index in [1.54, 1.807) is 26.0 Å². The summed E-state index contributed by atoms with van der Waals surface area (Å²) >= 11 is 0. The van der Waals surface area contributed by atoms with E-state index in [4.69, 9.17) is 0 Å². The number of anilines is 1. The van der Waals surface area contributed by atoms with Crippen LogP contribution in [-0.2, 0) is 0 Å². The van der Waals surface area contributed by atoms with Gasteiger partial charge in [0.2, 0.25) is 0 Å². The number of nitro benzene ring substituents is 1. The summed E-state index contributed by atoms with van der Waals surface area (Å²) in [6.45, 7) is 3.43. The second-order valence-electron chi connectivity index (χ2n) is 4.72. The first-order valence-corrected chi connectivity index (χ1v) is 6.24. The van der Waals surface area contributed by atoms with E-state index >= 15 is 0 Å². The first-order valence-electron chi connectivity index (χ1n) is 6.24. The third-order valence-electron chi connectivity index (χ3n) is 3.09. The van der Waals surface area contributed by atoms with E-state index in [9.17, 15) is 20.0 Å². The molecule has 108 valence electrons. The van der Waals surface area contributed by atoms with Crippen molar-refractivity contribution in [3.05, 3.63) is 63.2 Å². The topological polar surface area (TPSA) is 92.5 Å². The first-order chi connectivity index (χ1) is 9.88. The van der Waals surface area contributed by atoms with Gasteiger partial charge in [0.15, 0.2) is 0 Å². The molecule has 0 aliphatic heterocycles. The minimum atomic E-state index is -0.502. The van der Waals surface area contributed by atoms with E-state index in [0.717, 1.165) is 0 Å². The number of nitrogens with zero attached hydrogens (tertiary/aromatic N) is 1. The zero-order valence-corrected chi connectivity index (χ0v) is 11.6. The van der Waals surface area contributed by atoms with Crippen molar-refractivity contribution in [2.45, 2.75) is 13.8 Å². The van der Waals surface area contributed by atoms with Crippen molar-refractivity contribution in [1.82, 2.24) is 0 Å². The molecule has 0 radical (unpaired) electrons. The number of aromatic hydroxyl groups is 1. The Balaban J connectivity index is 2.20. The molecule has 21 heavy (non-hydrogen) atoms. The van der Waals surface area contributed by atoms with Gasteiger partial charge >= 0.3 is 0 Å². The number of benzene rings is 2. The van der Waals surface area contributed by atoms with Crippen LogP contribution in [0.5, 0.6) is 5.75 Å². The number of nitrogens with one attached hydrogen (secondary N) is 1. The second kappa shape index (κ2) is 5.62. The van der Waals surface area contributed by atoms with Gasteiger partial charge in [-0.3, -0.25) is 14.9 Å². The lowest BCUT2D eigenvalue weighted by atomic mass is 10.1. The van der Waals surface area contributed by atoms with E-state index in [-0.39, 0.29) is 17.3 Å². The van der Waals surface area contributed by atoms with Crippen LogP contribution >= 0.6 is 0 Å². The van der Waals surface area contributed by atoms with Gasteiger partial charge in [-0.2, -0.15) is 0 Å². The van der Waals surface area contributed by atoms with Crippen LogP contribution in [0.4, 0.5) is 11.4 Å². The van der Waals surface area contributed by atoms with Gasteiger partial charge in [-0.15, -0.1) is 0 Å². The van der Waals surface area contributed by atoms with E-state index in [1.165, 1.54) is 24.3 Å². The van der Waals surface area contributed by atoms with Crippen molar-refractivity contribution < 1.29 is 14.8 Å². The summed E-state index contributed by atoms with van der Waals surface area (Å²) in [7, 11) is 0. The van der Waals surface area contributed by atoms with Crippen LogP contribution in [0.1, 0.15) is 21.5 Å². The van der Waals surface area contributed by atoms with Crippen molar-refractivity contribution in [2.75, 3.05) is 5.32 Å². The highest BCUT2D eigenvalue weighted by Crippen LogP contribution is 2.23. The predicted octanol–water partition coefficient (Wildman–Crippen LogP) is 3.17. The van der Waals surface area contributed by atoms with Gasteiger partial charge in [-0.1, -0.05) is 0 Å². The van der Waals surface area contributed by atoms with Gasteiger partial charge in [0, 0.05) is 23.4 Å². The maximum atomic E-state index is 12.1. The van der Waals surface area contributed by atoms with Gasteiger partial charge in [0.05, 0.1) is 4.92 Å². The molecule has 2 aromatic carbocycles. The molecule has 0 saturated carbocycles. The summed E-state index contributed by atoms with van der Waals surface area (Å²) < 4.78 is 0. The molecule has 0 aliphatic rings. The Morgan fingerprint density at radius 1 is 1.14 bits per heavy atom. The molecular weight excluding hydrogens is 272 g/mol. The third kappa shape index (κ3) is 3.17. The van der Waals surface area contributed by atoms with Crippen LogP contribution in [0.15, 0.2) is 36.4 Å². The highest BCUT2D eigenvalue weighted by Gasteiger charge is 2.11. The van der Waals surface area contributed by atoms with Gasteiger partial charge in [-0.05, 0) is 49.2 Å². The second-order valence-corrected chi connectivity index (χ2v) is 4.72. The molecule has 0 spiro atoms. The number of nitro groups is 1. The number of amides is 1. The average Bonchev–Trinajstić information content (AvgIpc) is 2.44. The number of hydrogen-bond acceptors (Lipinski definition) is 4. The molecule has 1 amide bonds. The highest BCUT2D eigenvalue weighted by molar-refractivity contribution is 6.04. The van der Waals surface area contributed by atoms with Crippen molar-refractivity contribution in [3.63, 3.8) is 0 Å². The maximum Gasteiger partial charge on any atom is 0.269 e. The standard InChI is InChI=1S/C15H14N2O4/c1-9-7-11(8-10(2)14(9)18)15(19)16-12-3-5-13(6-4-12)17(20)21/h3-8,18H,1-2H3,(H,16,19). The van der Waals surface area contributed by atoms with E-state index < -0.39 is 4.92 Å². The third-order valence-corrected chi connectivity index (χ3v) is 3.09. The average molecular weight is 286 g/mol. The molecule has 0 aliphatic carbocycles. The van der Waals surface area contributed by atoms with Gasteiger partial charge in [0.25, 0.3) is 11.6 Å². The number of non-ortho nitro benzene ring substituents is 1. The minimum absolute atomic E-state index is 0.0377. The van der Waals surface area contributed by atoms with Crippen LogP contribution in [0, 0.1) is 24.0 Å². The summed E-state index contributed by atoms with van der Waals surface area (Å²) in [5.41, 5.74) is 2.08. The Bertz CT molecular complexity index is 685. The Morgan fingerprint density at radius 3 is 2.14 bits per heavy atom. The van der Waals surface area contributed by atoms with Gasteiger partial charge < -0.3 is 10.4 Å². The van der Waals surface area contributed by atoms with E-state index in [0.29, 0.717) is 22.4 Å². The minimum Gasteiger partial charge on any atom is -0.507 e. The molecule has 0 heterocycles. The number of rotatable bonds is 3. The summed E-state index contributed by atoms with van der Waals surface area (Å²) in [4.78, 5) is 22.2. The molecule has 0 saturated heterocycles. The molecule has 2 aromatic rings. The molecule has 0 atom stereocenters. The summed E-state index contributed by atoms with van der Waals surface area (Å²) in [6, 6.07) is 8.75. The van der Waals surface area contributed by atoms with Crippen molar-refractivity contribution in [1.29, 1.82) is 0 Å².